The topological polar surface area (TPSA) is 49.4 Å². The van der Waals surface area contributed by atoms with Gasteiger partial charge < -0.3 is 10.2 Å². The van der Waals surface area contributed by atoms with Crippen molar-refractivity contribution in [1.29, 1.82) is 0 Å². The minimum Gasteiger partial charge on any atom is -0.352 e. The molecule has 0 aliphatic heterocycles. The maximum absolute atomic E-state index is 12.7. The van der Waals surface area contributed by atoms with Crippen LogP contribution in [-0.4, -0.2) is 29.8 Å². The van der Waals surface area contributed by atoms with Crippen LogP contribution in [0.4, 0.5) is 0 Å². The smallest absolute Gasteiger partial charge is 0.252 e. The van der Waals surface area contributed by atoms with E-state index in [2.05, 4.69) is 35.1 Å². The predicted octanol–water partition coefficient (Wildman–Crippen LogP) is 5.02. The number of nitrogens with zero attached hydrogens (tertiary/aromatic N) is 1. The van der Waals surface area contributed by atoms with Gasteiger partial charge in [-0.2, -0.15) is 11.3 Å². The van der Waals surface area contributed by atoms with Crippen LogP contribution < -0.4 is 5.32 Å². The average molecular weight is 437 g/mol. The first-order chi connectivity index (χ1) is 12.5. The van der Waals surface area contributed by atoms with Crippen molar-refractivity contribution in [3.8, 4) is 0 Å². The molecule has 1 N–H and O–H groups in total. The van der Waals surface area contributed by atoms with E-state index in [1.165, 1.54) is 11.3 Å². The van der Waals surface area contributed by atoms with Crippen LogP contribution in [0.5, 0.6) is 0 Å². The summed E-state index contributed by atoms with van der Waals surface area (Å²) in [6, 6.07) is 9.83. The second kappa shape index (κ2) is 10.5. The molecule has 140 valence electrons. The van der Waals surface area contributed by atoms with Crippen molar-refractivity contribution in [2.75, 3.05) is 13.1 Å². The normalized spacial score (nSPS) is 11.8. The molecule has 1 heterocycles. The maximum atomic E-state index is 12.7. The van der Waals surface area contributed by atoms with Gasteiger partial charge in [-0.1, -0.05) is 41.1 Å². The minimum absolute atomic E-state index is 0.0124. The predicted molar refractivity (Wildman–Crippen MR) is 110 cm³/mol. The standard InChI is InChI=1S/C20H25BrN2O2S/c1-3-12-23(15(2)17-7-4-5-8-18(17)21)19(24)9-6-11-22-20(25)16-10-13-26-14-16/h4-5,7-8,10,13-15H,3,6,9,11-12H2,1-2H3,(H,22,25). The van der Waals surface area contributed by atoms with Gasteiger partial charge in [-0.05, 0) is 42.8 Å². The first-order valence-electron chi connectivity index (χ1n) is 8.88. The van der Waals surface area contributed by atoms with Crippen molar-refractivity contribution in [2.24, 2.45) is 0 Å². The number of carbonyl (C=O) groups is 2. The molecule has 2 aromatic rings. The zero-order valence-corrected chi connectivity index (χ0v) is 17.6. The number of thiophene rings is 1. The molecule has 1 aromatic heterocycles. The SMILES string of the molecule is CCCN(C(=O)CCCNC(=O)c1ccsc1)C(C)c1ccccc1Br. The second-order valence-electron chi connectivity index (χ2n) is 6.16. The fourth-order valence-electron chi connectivity index (χ4n) is 2.84. The summed E-state index contributed by atoms with van der Waals surface area (Å²) in [7, 11) is 0. The summed E-state index contributed by atoms with van der Waals surface area (Å²) in [5.74, 6) is 0.0468. The molecular weight excluding hydrogens is 412 g/mol. The van der Waals surface area contributed by atoms with Crippen LogP contribution in [-0.2, 0) is 4.79 Å². The van der Waals surface area contributed by atoms with E-state index in [9.17, 15) is 9.59 Å². The Balaban J connectivity index is 1.87. The molecular formula is C20H25BrN2O2S. The Kier molecular flexibility index (Phi) is 8.32. The van der Waals surface area contributed by atoms with E-state index in [0.29, 0.717) is 24.9 Å². The Morgan fingerprint density at radius 1 is 1.27 bits per heavy atom. The molecule has 2 rings (SSSR count). The molecule has 2 amide bonds. The van der Waals surface area contributed by atoms with Gasteiger partial charge in [-0.25, -0.2) is 0 Å². The quantitative estimate of drug-likeness (QED) is 0.560. The molecule has 0 fully saturated rings. The lowest BCUT2D eigenvalue weighted by Gasteiger charge is -2.30. The number of halogens is 1. The molecule has 1 unspecified atom stereocenters. The average Bonchev–Trinajstić information content (AvgIpc) is 3.17. The van der Waals surface area contributed by atoms with Crippen LogP contribution in [0.15, 0.2) is 45.6 Å². The molecule has 0 saturated heterocycles. The Hall–Kier alpha value is -1.66. The Morgan fingerprint density at radius 3 is 2.69 bits per heavy atom. The van der Waals surface area contributed by atoms with Gasteiger partial charge in [-0.15, -0.1) is 0 Å². The van der Waals surface area contributed by atoms with Crippen LogP contribution in [0.3, 0.4) is 0 Å². The molecule has 1 atom stereocenters. The number of carbonyl (C=O) groups excluding carboxylic acids is 2. The third-order valence-corrected chi connectivity index (χ3v) is 5.65. The first kappa shape index (κ1) is 20.6. The summed E-state index contributed by atoms with van der Waals surface area (Å²) in [6.45, 7) is 5.37. The van der Waals surface area contributed by atoms with Gasteiger partial charge in [0.2, 0.25) is 5.91 Å². The van der Waals surface area contributed by atoms with E-state index in [1.807, 2.05) is 39.9 Å². The summed E-state index contributed by atoms with van der Waals surface area (Å²) >= 11 is 5.08. The van der Waals surface area contributed by atoms with Gasteiger partial charge in [0.15, 0.2) is 0 Å². The summed E-state index contributed by atoms with van der Waals surface area (Å²) in [4.78, 5) is 26.6. The van der Waals surface area contributed by atoms with Gasteiger partial charge >= 0.3 is 0 Å². The zero-order valence-electron chi connectivity index (χ0n) is 15.2. The third-order valence-electron chi connectivity index (χ3n) is 4.24. The molecule has 0 aliphatic rings. The number of rotatable bonds is 9. The number of amides is 2. The third kappa shape index (κ3) is 5.68. The molecule has 4 nitrogen and oxygen atoms in total. The van der Waals surface area contributed by atoms with Gasteiger partial charge in [-0.3, -0.25) is 9.59 Å². The fourth-order valence-corrected chi connectivity index (χ4v) is 4.09. The summed E-state index contributed by atoms with van der Waals surface area (Å²) in [6.07, 6.45) is 1.98. The van der Waals surface area contributed by atoms with Crippen LogP contribution in [0.1, 0.15) is 55.1 Å². The van der Waals surface area contributed by atoms with E-state index in [1.54, 1.807) is 6.07 Å². The van der Waals surface area contributed by atoms with Crippen molar-refractivity contribution in [1.82, 2.24) is 10.2 Å². The van der Waals surface area contributed by atoms with E-state index in [4.69, 9.17) is 0 Å². The molecule has 0 radical (unpaired) electrons. The molecule has 6 heteroatoms. The van der Waals surface area contributed by atoms with Crippen LogP contribution in [0.2, 0.25) is 0 Å². The van der Waals surface area contributed by atoms with Crippen molar-refractivity contribution in [3.05, 3.63) is 56.7 Å². The van der Waals surface area contributed by atoms with E-state index in [0.717, 1.165) is 23.0 Å². The van der Waals surface area contributed by atoms with Crippen molar-refractivity contribution < 1.29 is 9.59 Å². The highest BCUT2D eigenvalue weighted by Gasteiger charge is 2.21. The summed E-state index contributed by atoms with van der Waals surface area (Å²) < 4.78 is 1.02. The van der Waals surface area contributed by atoms with Crippen LogP contribution >= 0.6 is 27.3 Å². The maximum Gasteiger partial charge on any atom is 0.252 e. The Labute approximate surface area is 167 Å². The number of nitrogens with one attached hydrogen (secondary N) is 1. The Bertz CT molecular complexity index is 718. The number of hydrogen-bond acceptors (Lipinski definition) is 3. The fraction of sp³-hybridized carbons (Fsp3) is 0.400. The van der Waals surface area contributed by atoms with Crippen molar-refractivity contribution in [2.45, 2.75) is 39.2 Å². The molecule has 1 aromatic carbocycles. The summed E-state index contributed by atoms with van der Waals surface area (Å²) in [5.41, 5.74) is 1.79. The van der Waals surface area contributed by atoms with Crippen molar-refractivity contribution in [3.63, 3.8) is 0 Å². The highest BCUT2D eigenvalue weighted by molar-refractivity contribution is 9.10. The highest BCUT2D eigenvalue weighted by atomic mass is 79.9. The number of hydrogen-bond donors (Lipinski definition) is 1. The van der Waals surface area contributed by atoms with E-state index >= 15 is 0 Å². The van der Waals surface area contributed by atoms with Crippen LogP contribution in [0, 0.1) is 0 Å². The Morgan fingerprint density at radius 2 is 2.04 bits per heavy atom. The molecule has 0 spiro atoms. The van der Waals surface area contributed by atoms with Gasteiger partial charge in [0, 0.05) is 34.9 Å². The lowest BCUT2D eigenvalue weighted by Crippen LogP contribution is -2.35. The monoisotopic (exact) mass is 436 g/mol. The lowest BCUT2D eigenvalue weighted by molar-refractivity contribution is -0.133. The highest BCUT2D eigenvalue weighted by Crippen LogP contribution is 2.28. The molecule has 0 saturated carbocycles. The van der Waals surface area contributed by atoms with Gasteiger partial charge in [0.05, 0.1) is 6.04 Å². The van der Waals surface area contributed by atoms with Crippen molar-refractivity contribution >= 4 is 39.1 Å². The first-order valence-corrected chi connectivity index (χ1v) is 10.6. The van der Waals surface area contributed by atoms with E-state index in [-0.39, 0.29) is 17.9 Å². The van der Waals surface area contributed by atoms with E-state index < -0.39 is 0 Å². The minimum atomic E-state index is -0.0781. The number of benzene rings is 1. The molecule has 0 aliphatic carbocycles. The largest absolute Gasteiger partial charge is 0.352 e. The van der Waals surface area contributed by atoms with Gasteiger partial charge in [0.25, 0.3) is 5.91 Å². The second-order valence-corrected chi connectivity index (χ2v) is 7.79. The molecule has 26 heavy (non-hydrogen) atoms. The zero-order chi connectivity index (χ0) is 18.9. The summed E-state index contributed by atoms with van der Waals surface area (Å²) in [5, 5.41) is 6.57. The van der Waals surface area contributed by atoms with Gasteiger partial charge in [0.1, 0.15) is 0 Å². The van der Waals surface area contributed by atoms with Crippen LogP contribution in [0.25, 0.3) is 0 Å². The molecule has 0 bridgehead atoms. The lowest BCUT2D eigenvalue weighted by atomic mass is 10.1.